The highest BCUT2D eigenvalue weighted by Gasteiger charge is 2.21. The molecule has 0 bridgehead atoms. The van der Waals surface area contributed by atoms with Gasteiger partial charge in [-0.25, -0.2) is 8.42 Å². The summed E-state index contributed by atoms with van der Waals surface area (Å²) in [6, 6.07) is 5.23. The van der Waals surface area contributed by atoms with Gasteiger partial charge in [-0.05, 0) is 6.07 Å². The third-order valence-electron chi connectivity index (χ3n) is 1.32. The van der Waals surface area contributed by atoms with Crippen molar-refractivity contribution in [2.45, 2.75) is 4.90 Å². The summed E-state index contributed by atoms with van der Waals surface area (Å²) in [5.74, 6) is 0. The van der Waals surface area contributed by atoms with Crippen molar-refractivity contribution in [2.75, 3.05) is 0 Å². The first-order valence-corrected chi connectivity index (χ1v) is 7.13. The lowest BCUT2D eigenvalue weighted by Gasteiger charge is -1.96. The Kier molecular flexibility index (Phi) is 2.86. The van der Waals surface area contributed by atoms with Gasteiger partial charge < -0.3 is 0 Å². The van der Waals surface area contributed by atoms with E-state index in [1.54, 1.807) is 0 Å². The molecule has 0 atom stereocenters. The summed E-state index contributed by atoms with van der Waals surface area (Å²) >= 11 is 1.17. The summed E-state index contributed by atoms with van der Waals surface area (Å²) in [7, 11) is -3.55. The van der Waals surface area contributed by atoms with Crippen molar-refractivity contribution in [3.8, 4) is 0 Å². The van der Waals surface area contributed by atoms with Gasteiger partial charge in [-0.15, -0.1) is 0 Å². The maximum Gasteiger partial charge on any atom is 0.288 e. The zero-order valence-electron chi connectivity index (χ0n) is 6.18. The molecule has 0 heterocycles. The first-order valence-electron chi connectivity index (χ1n) is 3.11. The van der Waals surface area contributed by atoms with E-state index in [0.29, 0.717) is 0 Å². The molecule has 0 unspecified atom stereocenters. The summed E-state index contributed by atoms with van der Waals surface area (Å²) in [6.45, 7) is 0. The Labute approximate surface area is 86.4 Å². The predicted octanol–water partition coefficient (Wildman–Crippen LogP) is 1.72. The van der Waals surface area contributed by atoms with Crippen molar-refractivity contribution in [3.05, 3.63) is 34.4 Å². The zero-order chi connectivity index (χ0) is 10.1. The Morgan fingerprint density at radius 2 is 1.85 bits per heavy atom. The molecule has 0 N–H and O–H groups in total. The molecule has 1 aromatic carbocycles. The molecule has 0 aliphatic rings. The molecule has 70 valence electrons. The van der Waals surface area contributed by atoms with E-state index in [2.05, 4.69) is 0 Å². The van der Waals surface area contributed by atoms with Crippen LogP contribution in [0.25, 0.3) is 0 Å². The van der Waals surface area contributed by atoms with Crippen molar-refractivity contribution in [1.82, 2.24) is 0 Å². The number of halogens is 1. The fraction of sp³-hybridized carbons (Fsp3) is 0. The van der Waals surface area contributed by atoms with Gasteiger partial charge in [-0.1, -0.05) is 12.1 Å². The number of rotatable bonds is 2. The minimum atomic E-state index is -3.55. The molecule has 5 nitrogen and oxygen atoms in total. The molecule has 13 heavy (non-hydrogen) atoms. The van der Waals surface area contributed by atoms with Gasteiger partial charge in [0.2, 0.25) is 7.01 Å². The highest BCUT2D eigenvalue weighted by molar-refractivity contribution is 14.2. The molecule has 0 spiro atoms. The summed E-state index contributed by atoms with van der Waals surface area (Å²) in [6.07, 6.45) is 0. The van der Waals surface area contributed by atoms with E-state index in [1.807, 2.05) is 0 Å². The lowest BCUT2D eigenvalue weighted by molar-refractivity contribution is -0.387. The van der Waals surface area contributed by atoms with Crippen LogP contribution in [0.2, 0.25) is 0 Å². The third kappa shape index (κ3) is 2.37. The maximum atomic E-state index is 11.0. The molecule has 1 rings (SSSR count). The number of benzene rings is 1. The molecule has 7 heteroatoms. The van der Waals surface area contributed by atoms with E-state index in [0.717, 1.165) is 6.07 Å². The molecule has 0 radical (unpaired) electrons. The van der Waals surface area contributed by atoms with Crippen LogP contribution in [0.15, 0.2) is 29.2 Å². The monoisotopic (exact) mass is 313 g/mol. The summed E-state index contributed by atoms with van der Waals surface area (Å²) < 4.78 is 22.1. The first kappa shape index (κ1) is 10.4. The molecule has 1 aromatic rings. The van der Waals surface area contributed by atoms with Crippen LogP contribution in [0, 0.1) is 10.1 Å². The molecule has 0 aromatic heterocycles. The van der Waals surface area contributed by atoms with Crippen molar-refractivity contribution >= 4 is 33.9 Å². The fourth-order valence-electron chi connectivity index (χ4n) is 0.814. The number of para-hydroxylation sites is 1. The Balaban J connectivity index is 3.46. The lowest BCUT2D eigenvalue weighted by atomic mass is 10.3. The smallest absolute Gasteiger partial charge is 0.258 e. The molecule has 0 amide bonds. The van der Waals surface area contributed by atoms with Crippen molar-refractivity contribution < 1.29 is 13.3 Å². The molecular weight excluding hydrogens is 309 g/mol. The van der Waals surface area contributed by atoms with E-state index < -0.39 is 17.6 Å². The van der Waals surface area contributed by atoms with Crippen molar-refractivity contribution in [3.63, 3.8) is 0 Å². The van der Waals surface area contributed by atoms with E-state index in [-0.39, 0.29) is 4.90 Å². The average Bonchev–Trinajstić information content (AvgIpc) is 2.03. The van der Waals surface area contributed by atoms with Crippen molar-refractivity contribution in [2.24, 2.45) is 0 Å². The Morgan fingerprint density at radius 1 is 1.31 bits per heavy atom. The minimum absolute atomic E-state index is 0.263. The standard InChI is InChI=1S/C6H4INO4S/c7-13(11,12)6-4-2-1-3-5(6)8(9)10/h1-4H. The Hall–Kier alpha value is -0.700. The summed E-state index contributed by atoms with van der Waals surface area (Å²) in [5, 5.41) is 10.4. The maximum absolute atomic E-state index is 11.0. The average molecular weight is 313 g/mol. The number of hydrogen-bond donors (Lipinski definition) is 0. The van der Waals surface area contributed by atoms with Gasteiger partial charge >= 0.3 is 0 Å². The van der Waals surface area contributed by atoms with E-state index in [9.17, 15) is 18.5 Å². The predicted molar refractivity (Wildman–Crippen MR) is 54.3 cm³/mol. The Bertz CT molecular complexity index is 442. The van der Waals surface area contributed by atoms with E-state index in [1.165, 1.54) is 39.4 Å². The number of hydrogen-bond acceptors (Lipinski definition) is 4. The van der Waals surface area contributed by atoms with Crippen LogP contribution in [0.4, 0.5) is 5.69 Å². The highest BCUT2D eigenvalue weighted by atomic mass is 127. The molecular formula is C6H4INO4S. The lowest BCUT2D eigenvalue weighted by Crippen LogP contribution is -1.97. The quantitative estimate of drug-likeness (QED) is 0.360. The van der Waals surface area contributed by atoms with Crippen LogP contribution in [-0.2, 0) is 7.01 Å². The highest BCUT2D eigenvalue weighted by Crippen LogP contribution is 2.27. The second kappa shape index (κ2) is 3.58. The van der Waals surface area contributed by atoms with Crippen LogP contribution in [-0.4, -0.2) is 13.3 Å². The third-order valence-corrected chi connectivity index (χ3v) is 3.62. The van der Waals surface area contributed by atoms with Crippen LogP contribution in [0.1, 0.15) is 0 Å². The molecule has 0 fully saturated rings. The Morgan fingerprint density at radius 3 is 2.23 bits per heavy atom. The first-order chi connectivity index (χ1) is 5.93. The van der Waals surface area contributed by atoms with Gasteiger partial charge in [0.05, 0.1) is 26.1 Å². The molecule has 0 saturated heterocycles. The molecule has 0 aliphatic heterocycles. The van der Waals surface area contributed by atoms with Gasteiger partial charge in [-0.2, -0.15) is 0 Å². The second-order valence-corrected chi connectivity index (χ2v) is 6.96. The number of nitro benzene ring substituents is 1. The van der Waals surface area contributed by atoms with Gasteiger partial charge in [0.1, 0.15) is 0 Å². The second-order valence-electron chi connectivity index (χ2n) is 2.16. The van der Waals surface area contributed by atoms with Gasteiger partial charge in [-0.3, -0.25) is 10.1 Å². The summed E-state index contributed by atoms with van der Waals surface area (Å²) in [4.78, 5) is 9.43. The van der Waals surface area contributed by atoms with Crippen LogP contribution in [0.3, 0.4) is 0 Å². The number of nitrogens with zero attached hydrogens (tertiary/aromatic N) is 1. The summed E-state index contributed by atoms with van der Waals surface area (Å²) in [5.41, 5.74) is -0.392. The molecule has 0 saturated carbocycles. The normalized spacial score (nSPS) is 11.2. The fourth-order valence-corrected chi connectivity index (χ4v) is 2.56. The largest absolute Gasteiger partial charge is 0.288 e. The topological polar surface area (TPSA) is 77.3 Å². The van der Waals surface area contributed by atoms with Crippen molar-refractivity contribution in [1.29, 1.82) is 0 Å². The number of nitro groups is 1. The van der Waals surface area contributed by atoms with Crippen LogP contribution >= 0.6 is 21.2 Å². The van der Waals surface area contributed by atoms with E-state index in [4.69, 9.17) is 0 Å². The van der Waals surface area contributed by atoms with Crippen LogP contribution in [0.5, 0.6) is 0 Å². The van der Waals surface area contributed by atoms with Gasteiger partial charge in [0.15, 0.2) is 4.90 Å². The SMILES string of the molecule is O=[N+]([O-])c1ccccc1S(=O)(=O)I. The van der Waals surface area contributed by atoms with E-state index >= 15 is 0 Å². The van der Waals surface area contributed by atoms with Gasteiger partial charge in [0, 0.05) is 6.07 Å². The minimum Gasteiger partial charge on any atom is -0.258 e. The van der Waals surface area contributed by atoms with Crippen LogP contribution < -0.4 is 0 Å². The van der Waals surface area contributed by atoms with Gasteiger partial charge in [0.25, 0.3) is 5.69 Å². The molecule has 0 aliphatic carbocycles. The zero-order valence-corrected chi connectivity index (χ0v) is 9.15.